The Hall–Kier alpha value is -0.870. The molecule has 1 aromatic rings. The summed E-state index contributed by atoms with van der Waals surface area (Å²) >= 11 is 0. The maximum atomic E-state index is 4.27. The van der Waals surface area contributed by atoms with Gasteiger partial charge in [-0.05, 0) is 46.3 Å². The van der Waals surface area contributed by atoms with Crippen LogP contribution in [-0.4, -0.2) is 40.4 Å². The van der Waals surface area contributed by atoms with Crippen molar-refractivity contribution in [2.24, 2.45) is 7.05 Å². The van der Waals surface area contributed by atoms with E-state index in [0.29, 0.717) is 6.04 Å². The third kappa shape index (κ3) is 5.33. The Morgan fingerprint density at radius 1 is 1.37 bits per heavy atom. The maximum Gasteiger partial charge on any atom is 0.0537 e. The quantitative estimate of drug-likeness (QED) is 0.744. The second-order valence-electron chi connectivity index (χ2n) is 5.33. The fraction of sp³-hybridized carbons (Fsp3) is 0.800. The maximum absolute atomic E-state index is 4.27. The Morgan fingerprint density at radius 2 is 2.05 bits per heavy atom. The predicted molar refractivity (Wildman–Crippen MR) is 81.3 cm³/mol. The minimum atomic E-state index is 0.565. The van der Waals surface area contributed by atoms with Gasteiger partial charge in [0.2, 0.25) is 0 Å². The highest BCUT2D eigenvalue weighted by Crippen LogP contribution is 2.06. The minimum absolute atomic E-state index is 0.565. The molecule has 0 aromatic carbocycles. The van der Waals surface area contributed by atoms with Gasteiger partial charge in [-0.3, -0.25) is 4.68 Å². The molecule has 0 spiro atoms. The molecule has 4 nitrogen and oxygen atoms in total. The molecule has 0 bridgehead atoms. The molecule has 110 valence electrons. The van der Waals surface area contributed by atoms with Gasteiger partial charge in [-0.15, -0.1) is 0 Å². The average molecular weight is 266 g/mol. The van der Waals surface area contributed by atoms with E-state index in [4.69, 9.17) is 0 Å². The Kier molecular flexibility index (Phi) is 7.10. The topological polar surface area (TPSA) is 33.1 Å². The van der Waals surface area contributed by atoms with Crippen LogP contribution in [0.4, 0.5) is 0 Å². The molecule has 1 atom stereocenters. The Bertz CT molecular complexity index is 355. The Labute approximate surface area is 118 Å². The summed E-state index contributed by atoms with van der Waals surface area (Å²) in [5.41, 5.74) is 2.56. The zero-order valence-electron chi connectivity index (χ0n) is 13.2. The van der Waals surface area contributed by atoms with Crippen LogP contribution in [0.5, 0.6) is 0 Å². The molecular weight excluding hydrogens is 236 g/mol. The number of hydrogen-bond acceptors (Lipinski definition) is 3. The first-order valence-corrected chi connectivity index (χ1v) is 7.51. The van der Waals surface area contributed by atoms with Crippen molar-refractivity contribution < 1.29 is 0 Å². The van der Waals surface area contributed by atoms with Gasteiger partial charge in [0.15, 0.2) is 0 Å². The van der Waals surface area contributed by atoms with Gasteiger partial charge in [-0.2, -0.15) is 5.10 Å². The highest BCUT2D eigenvalue weighted by atomic mass is 15.3. The first-order chi connectivity index (χ1) is 9.08. The summed E-state index contributed by atoms with van der Waals surface area (Å²) < 4.78 is 1.93. The van der Waals surface area contributed by atoms with Crippen LogP contribution in [0, 0.1) is 6.92 Å². The molecule has 0 radical (unpaired) electrons. The van der Waals surface area contributed by atoms with E-state index in [1.165, 1.54) is 30.6 Å². The lowest BCUT2D eigenvalue weighted by molar-refractivity contribution is 0.290. The van der Waals surface area contributed by atoms with Gasteiger partial charge in [-0.1, -0.05) is 13.8 Å². The SMILES string of the molecule is CCN(CC)CCCC(C)NCc1cnn(C)c1C. The van der Waals surface area contributed by atoms with Crippen molar-refractivity contribution in [2.75, 3.05) is 19.6 Å². The van der Waals surface area contributed by atoms with E-state index in [0.717, 1.165) is 19.6 Å². The Morgan fingerprint density at radius 3 is 2.58 bits per heavy atom. The zero-order chi connectivity index (χ0) is 14.3. The lowest BCUT2D eigenvalue weighted by Crippen LogP contribution is -2.28. The second kappa shape index (κ2) is 8.33. The van der Waals surface area contributed by atoms with Gasteiger partial charge in [-0.25, -0.2) is 0 Å². The summed E-state index contributed by atoms with van der Waals surface area (Å²) in [5, 5.41) is 7.86. The molecule has 1 aromatic heterocycles. The molecule has 1 rings (SSSR count). The third-order valence-electron chi connectivity index (χ3n) is 3.98. The van der Waals surface area contributed by atoms with Crippen molar-refractivity contribution in [3.05, 3.63) is 17.5 Å². The fourth-order valence-corrected chi connectivity index (χ4v) is 2.26. The van der Waals surface area contributed by atoms with E-state index in [2.05, 4.69) is 43.0 Å². The molecule has 4 heteroatoms. The number of nitrogens with zero attached hydrogens (tertiary/aromatic N) is 3. The second-order valence-corrected chi connectivity index (χ2v) is 5.33. The van der Waals surface area contributed by atoms with Crippen molar-refractivity contribution in [2.45, 2.75) is 53.1 Å². The van der Waals surface area contributed by atoms with Crippen molar-refractivity contribution in [1.29, 1.82) is 0 Å². The van der Waals surface area contributed by atoms with E-state index < -0.39 is 0 Å². The first kappa shape index (κ1) is 16.2. The summed E-state index contributed by atoms with van der Waals surface area (Å²) in [4.78, 5) is 2.48. The van der Waals surface area contributed by atoms with Crippen molar-refractivity contribution >= 4 is 0 Å². The molecule has 19 heavy (non-hydrogen) atoms. The van der Waals surface area contributed by atoms with Gasteiger partial charge in [0, 0.05) is 30.9 Å². The van der Waals surface area contributed by atoms with Gasteiger partial charge in [0.25, 0.3) is 0 Å². The minimum Gasteiger partial charge on any atom is -0.310 e. The monoisotopic (exact) mass is 266 g/mol. The lowest BCUT2D eigenvalue weighted by atomic mass is 10.1. The number of aromatic nitrogens is 2. The average Bonchev–Trinajstić information content (AvgIpc) is 2.73. The largest absolute Gasteiger partial charge is 0.310 e. The molecular formula is C15H30N4. The number of rotatable bonds is 9. The number of hydrogen-bond donors (Lipinski definition) is 1. The molecule has 1 unspecified atom stereocenters. The molecule has 0 amide bonds. The van der Waals surface area contributed by atoms with Gasteiger partial charge >= 0.3 is 0 Å². The van der Waals surface area contributed by atoms with Crippen LogP contribution in [0.1, 0.15) is 44.9 Å². The van der Waals surface area contributed by atoms with Crippen LogP contribution in [0.3, 0.4) is 0 Å². The lowest BCUT2D eigenvalue weighted by Gasteiger charge is -2.19. The van der Waals surface area contributed by atoms with E-state index in [1.807, 2.05) is 17.9 Å². The van der Waals surface area contributed by atoms with Crippen LogP contribution >= 0.6 is 0 Å². The fourth-order valence-electron chi connectivity index (χ4n) is 2.26. The van der Waals surface area contributed by atoms with Crippen molar-refractivity contribution in [3.8, 4) is 0 Å². The molecule has 0 aliphatic rings. The number of nitrogens with one attached hydrogen (secondary N) is 1. The zero-order valence-corrected chi connectivity index (χ0v) is 13.2. The summed E-state index contributed by atoms with van der Waals surface area (Å²) in [6, 6.07) is 0.565. The molecule has 0 aliphatic carbocycles. The van der Waals surface area contributed by atoms with E-state index in [-0.39, 0.29) is 0 Å². The third-order valence-corrected chi connectivity index (χ3v) is 3.98. The molecule has 0 saturated heterocycles. The summed E-state index contributed by atoms with van der Waals surface area (Å²) in [5.74, 6) is 0. The van der Waals surface area contributed by atoms with E-state index >= 15 is 0 Å². The highest BCUT2D eigenvalue weighted by Gasteiger charge is 2.07. The van der Waals surface area contributed by atoms with Gasteiger partial charge < -0.3 is 10.2 Å². The molecule has 1 heterocycles. The predicted octanol–water partition coefficient (Wildman–Crippen LogP) is 2.33. The standard InChI is InChI=1S/C15H30N4/c1-6-19(7-2)10-8-9-13(3)16-11-15-12-17-18(5)14(15)4/h12-13,16H,6-11H2,1-5H3. The van der Waals surface area contributed by atoms with Crippen molar-refractivity contribution in [1.82, 2.24) is 20.0 Å². The summed E-state index contributed by atoms with van der Waals surface area (Å²) in [6.07, 6.45) is 4.46. The normalized spacial score (nSPS) is 13.2. The highest BCUT2D eigenvalue weighted by molar-refractivity contribution is 5.15. The van der Waals surface area contributed by atoms with Gasteiger partial charge in [0.05, 0.1) is 6.20 Å². The van der Waals surface area contributed by atoms with Crippen LogP contribution in [0.2, 0.25) is 0 Å². The number of aryl methyl sites for hydroxylation is 1. The molecule has 1 N–H and O–H groups in total. The van der Waals surface area contributed by atoms with Crippen molar-refractivity contribution in [3.63, 3.8) is 0 Å². The van der Waals surface area contributed by atoms with Crippen LogP contribution < -0.4 is 5.32 Å². The smallest absolute Gasteiger partial charge is 0.0537 e. The summed E-state index contributed by atoms with van der Waals surface area (Å²) in [7, 11) is 1.99. The van der Waals surface area contributed by atoms with Crippen LogP contribution in [-0.2, 0) is 13.6 Å². The van der Waals surface area contributed by atoms with E-state index in [9.17, 15) is 0 Å². The van der Waals surface area contributed by atoms with Crippen LogP contribution in [0.25, 0.3) is 0 Å². The van der Waals surface area contributed by atoms with E-state index in [1.54, 1.807) is 0 Å². The Balaban J connectivity index is 2.21. The summed E-state index contributed by atoms with van der Waals surface area (Å²) in [6.45, 7) is 13.3. The molecule has 0 saturated carbocycles. The molecule has 0 aliphatic heterocycles. The first-order valence-electron chi connectivity index (χ1n) is 7.51. The molecule has 0 fully saturated rings. The van der Waals surface area contributed by atoms with Gasteiger partial charge in [0.1, 0.15) is 0 Å². The van der Waals surface area contributed by atoms with Crippen LogP contribution in [0.15, 0.2) is 6.20 Å².